The van der Waals surface area contributed by atoms with Crippen LogP contribution in [0.25, 0.3) is 0 Å². The Bertz CT molecular complexity index is 1350. The van der Waals surface area contributed by atoms with Gasteiger partial charge in [0.1, 0.15) is 23.9 Å². The van der Waals surface area contributed by atoms with Crippen LogP contribution in [0, 0.1) is 5.95 Å². The van der Waals surface area contributed by atoms with Gasteiger partial charge in [0.25, 0.3) is 10.0 Å². The van der Waals surface area contributed by atoms with Crippen molar-refractivity contribution < 1.29 is 40.2 Å². The molecule has 0 saturated carbocycles. The first kappa shape index (κ1) is 25.7. The van der Waals surface area contributed by atoms with E-state index >= 15 is 0 Å². The molecule has 0 radical (unpaired) electrons. The van der Waals surface area contributed by atoms with E-state index in [0.29, 0.717) is 17.5 Å². The lowest BCUT2D eigenvalue weighted by molar-refractivity contribution is -0.137. The highest BCUT2D eigenvalue weighted by molar-refractivity contribution is 7.92. The normalized spacial score (nSPS) is 15.6. The minimum Gasteiger partial charge on any atom is -0.493 e. The van der Waals surface area contributed by atoms with Crippen LogP contribution in [0.4, 0.5) is 23.4 Å². The molecule has 36 heavy (non-hydrogen) atoms. The SMILES string of the molecule is COCCOc1cc(C(F)(F)F)ccc1C1CCOc2cc(S(=O)(=O)Nc3cccc(F)n3)ccc21. The number of halogens is 4. The fraction of sp³-hybridized carbons (Fsp3) is 0.292. The molecule has 1 atom stereocenters. The third kappa shape index (κ3) is 5.71. The molecule has 1 aliphatic heterocycles. The van der Waals surface area contributed by atoms with Crippen molar-refractivity contribution in [2.24, 2.45) is 0 Å². The summed E-state index contributed by atoms with van der Waals surface area (Å²) in [5, 5.41) is 0. The zero-order chi connectivity index (χ0) is 25.9. The van der Waals surface area contributed by atoms with Crippen LogP contribution in [0.5, 0.6) is 11.5 Å². The van der Waals surface area contributed by atoms with Crippen molar-refractivity contribution >= 4 is 15.8 Å². The van der Waals surface area contributed by atoms with Gasteiger partial charge in [0, 0.05) is 30.2 Å². The first-order valence-electron chi connectivity index (χ1n) is 10.8. The minimum absolute atomic E-state index is 0.0534. The van der Waals surface area contributed by atoms with Crippen molar-refractivity contribution in [3.05, 3.63) is 77.2 Å². The zero-order valence-corrected chi connectivity index (χ0v) is 19.8. The number of pyridine rings is 1. The number of methoxy groups -OCH3 is 1. The van der Waals surface area contributed by atoms with Crippen LogP contribution in [0.15, 0.2) is 59.5 Å². The van der Waals surface area contributed by atoms with E-state index < -0.39 is 33.6 Å². The highest BCUT2D eigenvalue weighted by Crippen LogP contribution is 2.44. The van der Waals surface area contributed by atoms with E-state index in [1.54, 1.807) is 6.07 Å². The Morgan fingerprint density at radius 1 is 1.08 bits per heavy atom. The highest BCUT2D eigenvalue weighted by atomic mass is 32.2. The summed E-state index contributed by atoms with van der Waals surface area (Å²) in [4.78, 5) is 3.35. The number of hydrogen-bond acceptors (Lipinski definition) is 6. The molecule has 2 heterocycles. The van der Waals surface area contributed by atoms with Gasteiger partial charge in [-0.2, -0.15) is 17.6 Å². The standard InChI is InChI=1S/C24H22F4N2O5S/c1-33-11-12-35-20-13-15(24(26,27)28)5-7-18(20)17-9-10-34-21-14-16(6-8-19(17)21)36(31,32)30-23-4-2-3-22(25)29-23/h2-8,13-14,17H,9-12H2,1H3,(H,29,30). The van der Waals surface area contributed by atoms with Gasteiger partial charge >= 0.3 is 6.18 Å². The fourth-order valence-electron chi connectivity index (χ4n) is 3.88. The molecule has 4 rings (SSSR count). The van der Waals surface area contributed by atoms with Crippen molar-refractivity contribution in [1.29, 1.82) is 0 Å². The zero-order valence-electron chi connectivity index (χ0n) is 19.0. The number of fused-ring (bicyclic) bond motifs is 1. The Balaban J connectivity index is 1.67. The molecule has 0 fully saturated rings. The highest BCUT2D eigenvalue weighted by Gasteiger charge is 2.33. The van der Waals surface area contributed by atoms with Crippen LogP contribution in [0.2, 0.25) is 0 Å². The fourth-order valence-corrected chi connectivity index (χ4v) is 4.90. The van der Waals surface area contributed by atoms with Gasteiger partial charge in [0.15, 0.2) is 0 Å². The van der Waals surface area contributed by atoms with Gasteiger partial charge in [-0.15, -0.1) is 0 Å². The van der Waals surface area contributed by atoms with Gasteiger partial charge in [-0.1, -0.05) is 18.2 Å². The Morgan fingerprint density at radius 3 is 2.58 bits per heavy atom. The molecular formula is C24H22F4N2O5S. The number of rotatable bonds is 8. The van der Waals surface area contributed by atoms with Crippen LogP contribution in [0.3, 0.4) is 0 Å². The molecule has 1 aliphatic rings. The molecule has 7 nitrogen and oxygen atoms in total. The molecule has 12 heteroatoms. The Kier molecular flexibility index (Phi) is 7.36. The lowest BCUT2D eigenvalue weighted by atomic mass is 9.85. The predicted molar refractivity (Wildman–Crippen MR) is 122 cm³/mol. The van der Waals surface area contributed by atoms with Gasteiger partial charge < -0.3 is 14.2 Å². The van der Waals surface area contributed by atoms with E-state index in [2.05, 4.69) is 9.71 Å². The lowest BCUT2D eigenvalue weighted by Crippen LogP contribution is -2.19. The van der Waals surface area contributed by atoms with Gasteiger partial charge in [-0.3, -0.25) is 4.72 Å². The topological polar surface area (TPSA) is 86.8 Å². The summed E-state index contributed by atoms with van der Waals surface area (Å²) >= 11 is 0. The van der Waals surface area contributed by atoms with Gasteiger partial charge in [0.05, 0.1) is 23.7 Å². The quantitative estimate of drug-likeness (QED) is 0.253. The van der Waals surface area contributed by atoms with Crippen LogP contribution >= 0.6 is 0 Å². The van der Waals surface area contributed by atoms with E-state index in [9.17, 15) is 26.0 Å². The molecule has 3 aromatic rings. The van der Waals surface area contributed by atoms with Crippen LogP contribution < -0.4 is 14.2 Å². The van der Waals surface area contributed by atoms with E-state index in [0.717, 1.165) is 18.2 Å². The second kappa shape index (κ2) is 10.3. The second-order valence-electron chi connectivity index (χ2n) is 7.93. The van der Waals surface area contributed by atoms with Crippen molar-refractivity contribution in [2.75, 3.05) is 31.7 Å². The molecule has 0 spiro atoms. The van der Waals surface area contributed by atoms with E-state index in [-0.39, 0.29) is 42.0 Å². The van der Waals surface area contributed by atoms with Crippen molar-refractivity contribution in [2.45, 2.75) is 23.4 Å². The molecule has 0 bridgehead atoms. The van der Waals surface area contributed by atoms with Crippen molar-refractivity contribution in [3.63, 3.8) is 0 Å². The van der Waals surface area contributed by atoms with Crippen LogP contribution in [-0.2, 0) is 20.9 Å². The van der Waals surface area contributed by atoms with E-state index in [1.807, 2.05) is 0 Å². The smallest absolute Gasteiger partial charge is 0.416 e. The van der Waals surface area contributed by atoms with E-state index in [1.165, 1.54) is 37.4 Å². The number of nitrogens with one attached hydrogen (secondary N) is 1. The third-order valence-corrected chi connectivity index (χ3v) is 6.90. The minimum atomic E-state index is -4.54. The van der Waals surface area contributed by atoms with Crippen LogP contribution in [0.1, 0.15) is 29.0 Å². The summed E-state index contributed by atoms with van der Waals surface area (Å²) in [5.41, 5.74) is 0.270. The maximum Gasteiger partial charge on any atom is 0.416 e. The maximum absolute atomic E-state index is 13.3. The number of hydrogen-bond donors (Lipinski definition) is 1. The number of sulfonamides is 1. The van der Waals surface area contributed by atoms with E-state index in [4.69, 9.17) is 14.2 Å². The summed E-state index contributed by atoms with van der Waals surface area (Å²) in [6.07, 6.45) is -4.10. The largest absolute Gasteiger partial charge is 0.493 e. The molecule has 1 aromatic heterocycles. The molecule has 1 unspecified atom stereocenters. The number of nitrogens with zero attached hydrogens (tertiary/aromatic N) is 1. The molecule has 0 saturated heterocycles. The van der Waals surface area contributed by atoms with Crippen LogP contribution in [-0.4, -0.2) is 40.3 Å². The number of alkyl halides is 3. The molecule has 0 amide bonds. The van der Waals surface area contributed by atoms with Crippen molar-refractivity contribution in [3.8, 4) is 11.5 Å². The molecule has 0 aliphatic carbocycles. The second-order valence-corrected chi connectivity index (χ2v) is 9.61. The van der Waals surface area contributed by atoms with Gasteiger partial charge in [-0.05, 0) is 36.8 Å². The Hall–Kier alpha value is -3.38. The van der Waals surface area contributed by atoms with Gasteiger partial charge in [0.2, 0.25) is 5.95 Å². The monoisotopic (exact) mass is 526 g/mol. The molecule has 192 valence electrons. The summed E-state index contributed by atoms with van der Waals surface area (Å²) in [7, 11) is -2.66. The summed E-state index contributed by atoms with van der Waals surface area (Å²) in [6, 6.07) is 11.2. The Morgan fingerprint density at radius 2 is 1.86 bits per heavy atom. The predicted octanol–water partition coefficient (Wildman–Crippen LogP) is 4.98. The summed E-state index contributed by atoms with van der Waals surface area (Å²) in [5.74, 6) is -1.09. The first-order chi connectivity index (χ1) is 17.1. The number of anilines is 1. The van der Waals surface area contributed by atoms with Crippen molar-refractivity contribution in [1.82, 2.24) is 4.98 Å². The maximum atomic E-state index is 13.3. The summed E-state index contributed by atoms with van der Waals surface area (Å²) < 4.78 is 97.4. The first-order valence-corrected chi connectivity index (χ1v) is 12.3. The number of aromatic nitrogens is 1. The number of ether oxygens (including phenoxy) is 3. The number of benzene rings is 2. The molecule has 2 aromatic carbocycles. The average molecular weight is 527 g/mol. The molecular weight excluding hydrogens is 504 g/mol. The third-order valence-electron chi connectivity index (χ3n) is 5.55. The average Bonchev–Trinajstić information content (AvgIpc) is 2.82. The molecule has 1 N–H and O–H groups in total. The van der Waals surface area contributed by atoms with Gasteiger partial charge in [-0.25, -0.2) is 13.4 Å². The summed E-state index contributed by atoms with van der Waals surface area (Å²) in [6.45, 7) is 0.449. The Labute approximate surface area is 205 Å². The lowest BCUT2D eigenvalue weighted by Gasteiger charge is -2.28.